The van der Waals surface area contributed by atoms with Gasteiger partial charge in [0.1, 0.15) is 11.8 Å². The largest absolute Gasteiger partial charge is 0.340 e. The molecule has 0 atom stereocenters. The fourth-order valence-corrected chi connectivity index (χ4v) is 1.70. The number of hydrogen-bond acceptors (Lipinski definition) is 3. The van der Waals surface area contributed by atoms with Crippen LogP contribution in [0.5, 0.6) is 0 Å². The second kappa shape index (κ2) is 6.43. The van der Waals surface area contributed by atoms with E-state index in [9.17, 15) is 0 Å². The first kappa shape index (κ1) is 13.8. The van der Waals surface area contributed by atoms with E-state index in [2.05, 4.69) is 37.2 Å². The van der Waals surface area contributed by atoms with Crippen LogP contribution in [0.15, 0.2) is 6.07 Å². The van der Waals surface area contributed by atoms with Gasteiger partial charge in [0.2, 0.25) is 0 Å². The van der Waals surface area contributed by atoms with Crippen molar-refractivity contribution in [2.24, 2.45) is 7.05 Å². The van der Waals surface area contributed by atoms with Crippen molar-refractivity contribution >= 4 is 0 Å². The van der Waals surface area contributed by atoms with Crippen molar-refractivity contribution in [3.8, 4) is 6.07 Å². The predicted molar refractivity (Wildman–Crippen MR) is 69.7 cm³/mol. The molecule has 94 valence electrons. The quantitative estimate of drug-likeness (QED) is 0.753. The molecule has 0 saturated carbocycles. The molecule has 0 bridgehead atoms. The third-order valence-electron chi connectivity index (χ3n) is 3.28. The van der Waals surface area contributed by atoms with Gasteiger partial charge in [-0.2, -0.15) is 5.26 Å². The van der Waals surface area contributed by atoms with E-state index in [0.29, 0.717) is 0 Å². The van der Waals surface area contributed by atoms with Crippen LogP contribution in [-0.4, -0.2) is 36.1 Å². The van der Waals surface area contributed by atoms with Crippen LogP contribution < -0.4 is 5.32 Å². The summed E-state index contributed by atoms with van der Waals surface area (Å²) in [5, 5.41) is 12.3. The van der Waals surface area contributed by atoms with E-state index in [1.807, 2.05) is 17.7 Å². The summed E-state index contributed by atoms with van der Waals surface area (Å²) < 4.78 is 1.94. The van der Waals surface area contributed by atoms with Crippen LogP contribution in [0.2, 0.25) is 0 Å². The first-order valence-electron chi connectivity index (χ1n) is 6.04. The molecule has 0 radical (unpaired) electrons. The fraction of sp³-hybridized carbons (Fsp3) is 0.615. The van der Waals surface area contributed by atoms with Gasteiger partial charge < -0.3 is 14.8 Å². The molecule has 0 amide bonds. The third kappa shape index (κ3) is 3.58. The molecule has 0 spiro atoms. The Bertz CT molecular complexity index is 400. The molecule has 0 aromatic carbocycles. The SMILES string of the molecule is CCN(C)CCNCc1cc(C#N)n(C)c1C. The Morgan fingerprint density at radius 1 is 1.53 bits per heavy atom. The highest BCUT2D eigenvalue weighted by atomic mass is 15.1. The number of aromatic nitrogens is 1. The standard InChI is InChI=1S/C13H22N4/c1-5-16(3)7-6-15-10-12-8-13(9-14)17(4)11(12)2/h8,15H,5-7,10H2,1-4H3. The number of nitrogens with one attached hydrogen (secondary N) is 1. The zero-order valence-electron chi connectivity index (χ0n) is 11.2. The van der Waals surface area contributed by atoms with Gasteiger partial charge in [0.25, 0.3) is 0 Å². The van der Waals surface area contributed by atoms with Crippen molar-refractivity contribution in [3.05, 3.63) is 23.0 Å². The van der Waals surface area contributed by atoms with E-state index in [0.717, 1.165) is 37.6 Å². The van der Waals surface area contributed by atoms with Gasteiger partial charge >= 0.3 is 0 Å². The average Bonchev–Trinajstić information content (AvgIpc) is 2.61. The third-order valence-corrected chi connectivity index (χ3v) is 3.28. The number of hydrogen-bond donors (Lipinski definition) is 1. The van der Waals surface area contributed by atoms with Gasteiger partial charge in [-0.05, 0) is 32.1 Å². The van der Waals surface area contributed by atoms with E-state index in [4.69, 9.17) is 5.26 Å². The molecule has 0 unspecified atom stereocenters. The molecule has 0 fully saturated rings. The molecule has 1 aromatic rings. The molecule has 17 heavy (non-hydrogen) atoms. The van der Waals surface area contributed by atoms with Gasteiger partial charge in [0.05, 0.1) is 0 Å². The lowest BCUT2D eigenvalue weighted by Crippen LogP contribution is -2.28. The van der Waals surface area contributed by atoms with Gasteiger partial charge in [-0.1, -0.05) is 6.92 Å². The first-order chi connectivity index (χ1) is 8.10. The summed E-state index contributed by atoms with van der Waals surface area (Å²) in [6.45, 7) is 8.13. The first-order valence-corrected chi connectivity index (χ1v) is 6.04. The van der Waals surface area contributed by atoms with Crippen molar-refractivity contribution in [2.45, 2.75) is 20.4 Å². The van der Waals surface area contributed by atoms with E-state index >= 15 is 0 Å². The molecular weight excluding hydrogens is 212 g/mol. The van der Waals surface area contributed by atoms with Gasteiger partial charge in [0.15, 0.2) is 0 Å². The number of rotatable bonds is 6. The molecule has 4 heteroatoms. The molecule has 4 nitrogen and oxygen atoms in total. The topological polar surface area (TPSA) is 44.0 Å². The lowest BCUT2D eigenvalue weighted by molar-refractivity contribution is 0.349. The Hall–Kier alpha value is -1.31. The Morgan fingerprint density at radius 2 is 2.24 bits per heavy atom. The highest BCUT2D eigenvalue weighted by molar-refractivity contribution is 5.33. The molecule has 0 aliphatic rings. The summed E-state index contributed by atoms with van der Waals surface area (Å²) in [4.78, 5) is 2.27. The van der Waals surface area contributed by atoms with E-state index in [1.165, 1.54) is 5.56 Å². The van der Waals surface area contributed by atoms with Crippen LogP contribution in [0.1, 0.15) is 23.9 Å². The summed E-state index contributed by atoms with van der Waals surface area (Å²) in [7, 11) is 4.05. The zero-order valence-corrected chi connectivity index (χ0v) is 11.2. The molecule has 0 aliphatic heterocycles. The number of nitriles is 1. The van der Waals surface area contributed by atoms with Gasteiger partial charge in [0, 0.05) is 32.4 Å². The Labute approximate surface area is 104 Å². The summed E-state index contributed by atoms with van der Waals surface area (Å²) in [5.41, 5.74) is 3.10. The Morgan fingerprint density at radius 3 is 2.76 bits per heavy atom. The molecule has 1 rings (SSSR count). The Kier molecular flexibility index (Phi) is 5.20. The minimum atomic E-state index is 0.727. The molecule has 0 saturated heterocycles. The summed E-state index contributed by atoms with van der Waals surface area (Å²) in [6, 6.07) is 4.17. The maximum Gasteiger partial charge on any atom is 0.120 e. The van der Waals surface area contributed by atoms with Crippen molar-refractivity contribution in [1.29, 1.82) is 5.26 Å². The van der Waals surface area contributed by atoms with Crippen molar-refractivity contribution in [3.63, 3.8) is 0 Å². The number of likely N-dealkylation sites (N-methyl/N-ethyl adjacent to an activating group) is 1. The molecular formula is C13H22N4. The van der Waals surface area contributed by atoms with Crippen LogP contribution in [-0.2, 0) is 13.6 Å². The second-order valence-corrected chi connectivity index (χ2v) is 4.38. The van der Waals surface area contributed by atoms with Crippen LogP contribution in [0.25, 0.3) is 0 Å². The molecule has 0 aliphatic carbocycles. The maximum atomic E-state index is 8.93. The lowest BCUT2D eigenvalue weighted by atomic mass is 10.2. The van der Waals surface area contributed by atoms with Crippen LogP contribution in [0, 0.1) is 18.3 Å². The highest BCUT2D eigenvalue weighted by Gasteiger charge is 2.07. The van der Waals surface area contributed by atoms with Crippen molar-refractivity contribution in [1.82, 2.24) is 14.8 Å². The van der Waals surface area contributed by atoms with Gasteiger partial charge in [-0.25, -0.2) is 0 Å². The highest BCUT2D eigenvalue weighted by Crippen LogP contribution is 2.12. The second-order valence-electron chi connectivity index (χ2n) is 4.38. The van der Waals surface area contributed by atoms with Crippen LogP contribution in [0.4, 0.5) is 0 Å². The van der Waals surface area contributed by atoms with E-state index < -0.39 is 0 Å². The zero-order chi connectivity index (χ0) is 12.8. The van der Waals surface area contributed by atoms with E-state index in [1.54, 1.807) is 0 Å². The lowest BCUT2D eigenvalue weighted by Gasteiger charge is -2.13. The minimum absolute atomic E-state index is 0.727. The Balaban J connectivity index is 2.45. The molecule has 1 heterocycles. The number of nitrogens with zero attached hydrogens (tertiary/aromatic N) is 3. The van der Waals surface area contributed by atoms with Gasteiger partial charge in [-0.15, -0.1) is 0 Å². The van der Waals surface area contributed by atoms with E-state index in [-0.39, 0.29) is 0 Å². The minimum Gasteiger partial charge on any atom is -0.340 e. The smallest absolute Gasteiger partial charge is 0.120 e. The summed E-state index contributed by atoms with van der Waals surface area (Å²) in [6.07, 6.45) is 0. The van der Waals surface area contributed by atoms with Crippen LogP contribution >= 0.6 is 0 Å². The van der Waals surface area contributed by atoms with Crippen molar-refractivity contribution in [2.75, 3.05) is 26.7 Å². The summed E-state index contributed by atoms with van der Waals surface area (Å²) >= 11 is 0. The molecule has 1 N–H and O–H groups in total. The van der Waals surface area contributed by atoms with Crippen molar-refractivity contribution < 1.29 is 0 Å². The molecule has 1 aromatic heterocycles. The summed E-state index contributed by atoms with van der Waals surface area (Å²) in [5.74, 6) is 0. The maximum absolute atomic E-state index is 8.93. The normalized spacial score (nSPS) is 10.8. The predicted octanol–water partition coefficient (Wildman–Crippen LogP) is 1.25. The fourth-order valence-electron chi connectivity index (χ4n) is 1.70. The van der Waals surface area contributed by atoms with Gasteiger partial charge in [-0.3, -0.25) is 0 Å². The monoisotopic (exact) mass is 234 g/mol. The van der Waals surface area contributed by atoms with Crippen LogP contribution in [0.3, 0.4) is 0 Å². The average molecular weight is 234 g/mol.